The Morgan fingerprint density at radius 1 is 1.29 bits per heavy atom. The molecule has 2 heterocycles. The zero-order chi connectivity index (χ0) is 20.3. The number of hydrogen-bond acceptors (Lipinski definition) is 6. The number of anilines is 1. The molecule has 0 saturated heterocycles. The number of nitrogens with two attached hydrogens (primary N) is 1. The number of nitrogens with one attached hydrogen (secondary N) is 2. The van der Waals surface area contributed by atoms with Crippen molar-refractivity contribution in [2.45, 2.75) is 6.61 Å². The number of nitrogens with zero attached hydrogens (tertiary/aromatic N) is 1. The Hall–Kier alpha value is -3.47. The number of aromatic nitrogens is 2. The molecule has 11 heteroatoms. The highest BCUT2D eigenvalue weighted by molar-refractivity contribution is 7.14. The summed E-state index contributed by atoms with van der Waals surface area (Å²) >= 11 is 1.18. The van der Waals surface area contributed by atoms with Crippen LogP contribution < -0.4 is 20.5 Å². The fraction of sp³-hybridized carbons (Fsp3) is 0.118. The Kier molecular flexibility index (Phi) is 5.54. The van der Waals surface area contributed by atoms with E-state index < -0.39 is 18.4 Å². The lowest BCUT2D eigenvalue weighted by Crippen LogP contribution is -2.12. The van der Waals surface area contributed by atoms with E-state index in [0.717, 1.165) is 0 Å². The van der Waals surface area contributed by atoms with Gasteiger partial charge in [-0.2, -0.15) is 8.78 Å². The number of hydrogen-bond donors (Lipinski definition) is 3. The van der Waals surface area contributed by atoms with E-state index in [0.29, 0.717) is 16.4 Å². The molecule has 0 aliphatic heterocycles. The molecule has 0 spiro atoms. The minimum atomic E-state index is -3.01. The van der Waals surface area contributed by atoms with Crippen LogP contribution in [-0.2, 0) is 0 Å². The van der Waals surface area contributed by atoms with Crippen molar-refractivity contribution in [2.75, 3.05) is 12.4 Å². The zero-order valence-corrected chi connectivity index (χ0v) is 15.2. The number of ether oxygens (including phenoxy) is 2. The first-order chi connectivity index (χ1) is 13.4. The first-order valence-electron chi connectivity index (χ1n) is 7.75. The first kappa shape index (κ1) is 19.3. The molecule has 28 heavy (non-hydrogen) atoms. The van der Waals surface area contributed by atoms with Crippen LogP contribution in [0.3, 0.4) is 0 Å². The molecule has 0 radical (unpaired) electrons. The number of rotatable bonds is 7. The summed E-state index contributed by atoms with van der Waals surface area (Å²) in [6.07, 6.45) is 1.58. The van der Waals surface area contributed by atoms with Crippen LogP contribution in [0.25, 0.3) is 11.3 Å². The second kappa shape index (κ2) is 8.05. The van der Waals surface area contributed by atoms with Gasteiger partial charge in [0.25, 0.3) is 11.8 Å². The van der Waals surface area contributed by atoms with Gasteiger partial charge in [-0.05, 0) is 24.3 Å². The van der Waals surface area contributed by atoms with E-state index >= 15 is 0 Å². The van der Waals surface area contributed by atoms with Crippen molar-refractivity contribution < 1.29 is 27.8 Å². The third kappa shape index (κ3) is 4.26. The normalized spacial score (nSPS) is 10.7. The standard InChI is InChI=1S/C17H14F2N4O4S/c1-26-13-5-8(2-3-12(13)27-16(18)19)15(25)23-17-22-11(7-28-17)9-4-10(14(20)24)21-6-9/h2-7,16,21H,1H3,(H2,20,24)(H,22,23,25). The van der Waals surface area contributed by atoms with Gasteiger partial charge >= 0.3 is 6.61 Å². The van der Waals surface area contributed by atoms with Gasteiger partial charge in [-0.25, -0.2) is 4.98 Å². The van der Waals surface area contributed by atoms with Crippen LogP contribution in [-0.4, -0.2) is 35.5 Å². The number of amides is 2. The largest absolute Gasteiger partial charge is 0.493 e. The van der Waals surface area contributed by atoms with Crippen molar-refractivity contribution >= 4 is 28.3 Å². The fourth-order valence-corrected chi connectivity index (χ4v) is 3.03. The molecule has 0 fully saturated rings. The predicted octanol–water partition coefficient (Wildman–Crippen LogP) is 3.10. The van der Waals surface area contributed by atoms with Crippen molar-refractivity contribution in [1.29, 1.82) is 0 Å². The van der Waals surface area contributed by atoms with Gasteiger partial charge in [0.1, 0.15) is 5.69 Å². The molecule has 0 unspecified atom stereocenters. The van der Waals surface area contributed by atoms with Crippen molar-refractivity contribution in [3.63, 3.8) is 0 Å². The molecule has 4 N–H and O–H groups in total. The zero-order valence-electron chi connectivity index (χ0n) is 14.4. The van der Waals surface area contributed by atoms with E-state index in [9.17, 15) is 18.4 Å². The van der Waals surface area contributed by atoms with Crippen LogP contribution in [0.4, 0.5) is 13.9 Å². The fourth-order valence-electron chi connectivity index (χ4n) is 2.32. The number of halogens is 2. The lowest BCUT2D eigenvalue weighted by Gasteiger charge is -2.11. The Labute approximate surface area is 161 Å². The molecule has 2 aromatic heterocycles. The molecule has 0 bridgehead atoms. The molecule has 3 rings (SSSR count). The molecule has 1 aromatic carbocycles. The first-order valence-corrected chi connectivity index (χ1v) is 8.63. The summed E-state index contributed by atoms with van der Waals surface area (Å²) in [4.78, 5) is 30.6. The highest BCUT2D eigenvalue weighted by Crippen LogP contribution is 2.30. The summed E-state index contributed by atoms with van der Waals surface area (Å²) < 4.78 is 34.1. The van der Waals surface area contributed by atoms with Gasteiger partial charge in [-0.15, -0.1) is 11.3 Å². The molecule has 8 nitrogen and oxygen atoms in total. The summed E-state index contributed by atoms with van der Waals surface area (Å²) in [5, 5.41) is 4.62. The topological polar surface area (TPSA) is 119 Å². The summed E-state index contributed by atoms with van der Waals surface area (Å²) in [5.41, 5.74) is 6.80. The Bertz CT molecular complexity index is 1020. The third-order valence-electron chi connectivity index (χ3n) is 3.61. The van der Waals surface area contributed by atoms with Crippen molar-refractivity contribution in [3.05, 3.63) is 47.1 Å². The predicted molar refractivity (Wildman–Crippen MR) is 98.0 cm³/mol. The maximum Gasteiger partial charge on any atom is 0.387 e. The van der Waals surface area contributed by atoms with Crippen molar-refractivity contribution in [1.82, 2.24) is 9.97 Å². The highest BCUT2D eigenvalue weighted by atomic mass is 32.1. The number of benzene rings is 1. The number of H-pyrrole nitrogens is 1. The number of methoxy groups -OCH3 is 1. The molecule has 146 valence electrons. The van der Waals surface area contributed by atoms with Crippen LogP contribution in [0.15, 0.2) is 35.8 Å². The molecule has 0 atom stereocenters. The summed E-state index contributed by atoms with van der Waals surface area (Å²) in [7, 11) is 1.28. The van der Waals surface area contributed by atoms with Gasteiger partial charge in [0.2, 0.25) is 0 Å². The Morgan fingerprint density at radius 3 is 2.71 bits per heavy atom. The number of thiazole rings is 1. The lowest BCUT2D eigenvalue weighted by atomic mass is 10.2. The monoisotopic (exact) mass is 408 g/mol. The van der Waals surface area contributed by atoms with Gasteiger partial charge in [-0.3, -0.25) is 14.9 Å². The summed E-state index contributed by atoms with van der Waals surface area (Å²) in [5.74, 6) is -1.28. The molecule has 2 amide bonds. The maximum absolute atomic E-state index is 12.4. The summed E-state index contributed by atoms with van der Waals surface area (Å²) in [6.45, 7) is -3.01. The minimum Gasteiger partial charge on any atom is -0.493 e. The van der Waals surface area contributed by atoms with Gasteiger partial charge < -0.3 is 20.2 Å². The molecule has 0 aliphatic rings. The quantitative estimate of drug-likeness (QED) is 0.555. The number of alkyl halides is 2. The number of carbonyl (C=O) groups is 2. The Balaban J connectivity index is 1.74. The minimum absolute atomic E-state index is 0.000850. The number of carbonyl (C=O) groups excluding carboxylic acids is 2. The Morgan fingerprint density at radius 2 is 2.07 bits per heavy atom. The van der Waals surface area contributed by atoms with Gasteiger partial charge in [0.15, 0.2) is 16.6 Å². The van der Waals surface area contributed by atoms with Crippen molar-refractivity contribution in [2.24, 2.45) is 5.73 Å². The van der Waals surface area contributed by atoms with E-state index in [4.69, 9.17) is 10.5 Å². The van der Waals surface area contributed by atoms with E-state index in [2.05, 4.69) is 20.0 Å². The summed E-state index contributed by atoms with van der Waals surface area (Å²) in [6, 6.07) is 5.39. The van der Waals surface area contributed by atoms with Crippen LogP contribution in [0.2, 0.25) is 0 Å². The van der Waals surface area contributed by atoms with Gasteiger partial charge in [0.05, 0.1) is 12.8 Å². The van der Waals surface area contributed by atoms with E-state index in [-0.39, 0.29) is 22.8 Å². The average molecular weight is 408 g/mol. The van der Waals surface area contributed by atoms with E-state index in [1.54, 1.807) is 17.6 Å². The number of aromatic amines is 1. The highest BCUT2D eigenvalue weighted by Gasteiger charge is 2.16. The molecular formula is C17H14F2N4O4S. The van der Waals surface area contributed by atoms with Crippen LogP contribution >= 0.6 is 11.3 Å². The molecular weight excluding hydrogens is 394 g/mol. The van der Waals surface area contributed by atoms with E-state index in [1.807, 2.05) is 0 Å². The average Bonchev–Trinajstić information content (AvgIpc) is 3.30. The SMILES string of the molecule is COc1cc(C(=O)Nc2nc(-c3c[nH]c(C(N)=O)c3)cs2)ccc1OC(F)F. The van der Waals surface area contributed by atoms with Crippen molar-refractivity contribution in [3.8, 4) is 22.8 Å². The molecule has 0 saturated carbocycles. The van der Waals surface area contributed by atoms with Gasteiger partial charge in [0, 0.05) is 22.7 Å². The third-order valence-corrected chi connectivity index (χ3v) is 4.37. The maximum atomic E-state index is 12.4. The van der Waals surface area contributed by atoms with Crippen LogP contribution in [0, 0.1) is 0 Å². The second-order valence-electron chi connectivity index (χ2n) is 5.40. The van der Waals surface area contributed by atoms with Crippen LogP contribution in [0.1, 0.15) is 20.8 Å². The number of primary amides is 1. The van der Waals surface area contributed by atoms with E-state index in [1.165, 1.54) is 36.6 Å². The van der Waals surface area contributed by atoms with Crippen LogP contribution in [0.5, 0.6) is 11.5 Å². The molecule has 0 aliphatic carbocycles. The second-order valence-corrected chi connectivity index (χ2v) is 6.26. The lowest BCUT2D eigenvalue weighted by molar-refractivity contribution is -0.0512. The van der Waals surface area contributed by atoms with Gasteiger partial charge in [-0.1, -0.05) is 0 Å². The molecule has 3 aromatic rings. The smallest absolute Gasteiger partial charge is 0.387 e.